The molecule has 1 aromatic carbocycles. The fraction of sp³-hybridized carbons (Fsp3) is 0.250. The summed E-state index contributed by atoms with van der Waals surface area (Å²) in [5.41, 5.74) is 1.49. The van der Waals surface area contributed by atoms with Gasteiger partial charge in [0, 0.05) is 23.0 Å². The second-order valence-corrected chi connectivity index (χ2v) is 5.11. The Bertz CT molecular complexity index is 763. The number of H-pyrrole nitrogens is 1. The Labute approximate surface area is 127 Å². The van der Waals surface area contributed by atoms with E-state index in [1.807, 2.05) is 36.4 Å². The van der Waals surface area contributed by atoms with E-state index in [-0.39, 0.29) is 11.7 Å². The molecule has 1 aliphatic heterocycles. The van der Waals surface area contributed by atoms with E-state index in [1.165, 1.54) is 7.11 Å². The predicted molar refractivity (Wildman–Crippen MR) is 80.9 cm³/mol. The highest BCUT2D eigenvalue weighted by Crippen LogP contribution is 2.36. The molecule has 0 bridgehead atoms. The number of carboxylic acid groups (broad SMARTS) is 1. The van der Waals surface area contributed by atoms with Crippen molar-refractivity contribution >= 4 is 23.0 Å². The maximum absolute atomic E-state index is 12.0. The van der Waals surface area contributed by atoms with E-state index >= 15 is 0 Å². The average molecular weight is 300 g/mol. The number of carboxylic acids is 1. The van der Waals surface area contributed by atoms with Crippen LogP contribution in [0.4, 0.5) is 4.79 Å². The molecule has 0 radical (unpaired) electrons. The van der Waals surface area contributed by atoms with Gasteiger partial charge in [-0.25, -0.2) is 9.59 Å². The van der Waals surface area contributed by atoms with E-state index in [9.17, 15) is 14.7 Å². The van der Waals surface area contributed by atoms with Gasteiger partial charge in [0.25, 0.3) is 0 Å². The van der Waals surface area contributed by atoms with Crippen LogP contribution in [0, 0.1) is 0 Å². The smallest absolute Gasteiger partial charge is 0.410 e. The molecule has 2 heterocycles. The zero-order valence-electron chi connectivity index (χ0n) is 12.1. The van der Waals surface area contributed by atoms with Crippen LogP contribution in [0.3, 0.4) is 0 Å². The number of hydrogen-bond donors (Lipinski definition) is 2. The Morgan fingerprint density at radius 1 is 1.32 bits per heavy atom. The minimum Gasteiger partial charge on any atom is -0.477 e. The number of ether oxygens (including phenoxy) is 1. The molecule has 114 valence electrons. The number of para-hydroxylation sites is 1. The van der Waals surface area contributed by atoms with Crippen LogP contribution in [0.25, 0.3) is 10.9 Å². The summed E-state index contributed by atoms with van der Waals surface area (Å²) in [6.07, 6.45) is 3.92. The van der Waals surface area contributed by atoms with Crippen LogP contribution >= 0.6 is 0 Å². The molecule has 1 aliphatic rings. The number of hydrogen-bond acceptors (Lipinski definition) is 3. The van der Waals surface area contributed by atoms with Gasteiger partial charge in [0.05, 0.1) is 13.2 Å². The summed E-state index contributed by atoms with van der Waals surface area (Å²) in [4.78, 5) is 28.1. The van der Waals surface area contributed by atoms with Gasteiger partial charge >= 0.3 is 12.1 Å². The Balaban J connectivity index is 2.18. The van der Waals surface area contributed by atoms with Crippen molar-refractivity contribution in [2.24, 2.45) is 0 Å². The Kier molecular flexibility index (Phi) is 3.58. The maximum atomic E-state index is 12.0. The van der Waals surface area contributed by atoms with Crippen molar-refractivity contribution in [3.63, 3.8) is 0 Å². The van der Waals surface area contributed by atoms with Crippen molar-refractivity contribution in [1.82, 2.24) is 9.88 Å². The monoisotopic (exact) mass is 300 g/mol. The Hall–Kier alpha value is -2.76. The van der Waals surface area contributed by atoms with Crippen LogP contribution < -0.4 is 0 Å². The molecule has 6 heteroatoms. The molecule has 22 heavy (non-hydrogen) atoms. The van der Waals surface area contributed by atoms with Gasteiger partial charge in [0.15, 0.2) is 0 Å². The third-order valence-electron chi connectivity index (χ3n) is 3.91. The lowest BCUT2D eigenvalue weighted by molar-refractivity contribution is 0.0684. The highest BCUT2D eigenvalue weighted by molar-refractivity contribution is 5.98. The number of aromatic carboxylic acids is 1. The quantitative estimate of drug-likeness (QED) is 0.835. The first-order chi connectivity index (χ1) is 10.6. The van der Waals surface area contributed by atoms with Gasteiger partial charge in [0.1, 0.15) is 5.69 Å². The number of aromatic nitrogens is 1. The first kappa shape index (κ1) is 14.2. The first-order valence-electron chi connectivity index (χ1n) is 6.97. The number of methoxy groups -OCH3 is 1. The number of rotatable bonds is 2. The molecule has 3 rings (SSSR count). The third kappa shape index (κ3) is 2.22. The molecule has 0 fully saturated rings. The molecular weight excluding hydrogens is 284 g/mol. The first-order valence-corrected chi connectivity index (χ1v) is 6.97. The summed E-state index contributed by atoms with van der Waals surface area (Å²) in [7, 11) is 1.32. The molecule has 1 aromatic heterocycles. The second kappa shape index (κ2) is 5.55. The topological polar surface area (TPSA) is 82.6 Å². The van der Waals surface area contributed by atoms with E-state index in [0.717, 1.165) is 10.9 Å². The van der Waals surface area contributed by atoms with Crippen molar-refractivity contribution in [2.45, 2.75) is 12.5 Å². The summed E-state index contributed by atoms with van der Waals surface area (Å²) in [6.45, 7) is 0.399. The van der Waals surface area contributed by atoms with Crippen LogP contribution in [0.15, 0.2) is 36.4 Å². The van der Waals surface area contributed by atoms with Crippen LogP contribution in [0.5, 0.6) is 0 Å². The van der Waals surface area contributed by atoms with Gasteiger partial charge in [-0.1, -0.05) is 30.4 Å². The number of nitrogens with one attached hydrogen (secondary N) is 1. The molecule has 0 saturated carbocycles. The highest BCUT2D eigenvalue weighted by atomic mass is 16.5. The van der Waals surface area contributed by atoms with E-state index in [2.05, 4.69) is 4.98 Å². The number of carbonyl (C=O) groups excluding carboxylic acids is 1. The van der Waals surface area contributed by atoms with Gasteiger partial charge in [-0.2, -0.15) is 0 Å². The number of fused-ring (bicyclic) bond motifs is 1. The molecule has 2 aromatic rings. The molecule has 0 saturated heterocycles. The Morgan fingerprint density at radius 2 is 2.09 bits per heavy atom. The van der Waals surface area contributed by atoms with Crippen molar-refractivity contribution in [2.75, 3.05) is 13.7 Å². The highest BCUT2D eigenvalue weighted by Gasteiger charge is 2.32. The molecule has 2 N–H and O–H groups in total. The molecule has 1 atom stereocenters. The lowest BCUT2D eigenvalue weighted by atomic mass is 9.96. The zero-order chi connectivity index (χ0) is 15.7. The van der Waals surface area contributed by atoms with Gasteiger partial charge in [0.2, 0.25) is 0 Å². The van der Waals surface area contributed by atoms with E-state index < -0.39 is 12.1 Å². The van der Waals surface area contributed by atoms with Crippen LogP contribution in [-0.2, 0) is 4.74 Å². The summed E-state index contributed by atoms with van der Waals surface area (Å²) >= 11 is 0. The van der Waals surface area contributed by atoms with Gasteiger partial charge in [-0.05, 0) is 12.5 Å². The lowest BCUT2D eigenvalue weighted by Gasteiger charge is -2.32. The van der Waals surface area contributed by atoms with Gasteiger partial charge in [-0.15, -0.1) is 0 Å². The largest absolute Gasteiger partial charge is 0.477 e. The minimum absolute atomic E-state index is 0.121. The molecule has 1 amide bonds. The van der Waals surface area contributed by atoms with E-state index in [0.29, 0.717) is 18.5 Å². The fourth-order valence-electron chi connectivity index (χ4n) is 2.94. The Morgan fingerprint density at radius 3 is 2.82 bits per heavy atom. The fourth-order valence-corrected chi connectivity index (χ4v) is 2.94. The third-order valence-corrected chi connectivity index (χ3v) is 3.91. The summed E-state index contributed by atoms with van der Waals surface area (Å²) in [6, 6.07) is 7.02. The standard InChI is InChI=1S/C16H16N2O4/c1-22-16(21)18-9-5-4-8-12(18)13-10-6-2-3-7-11(10)17-14(13)15(19)20/h2-7,12,17H,8-9H2,1H3,(H,19,20). The lowest BCUT2D eigenvalue weighted by Crippen LogP contribution is -2.37. The molecular formula is C16H16N2O4. The van der Waals surface area contributed by atoms with Crippen molar-refractivity contribution in [3.8, 4) is 0 Å². The van der Waals surface area contributed by atoms with E-state index in [1.54, 1.807) is 4.90 Å². The molecule has 0 aliphatic carbocycles. The van der Waals surface area contributed by atoms with Gasteiger partial charge in [-0.3, -0.25) is 4.90 Å². The van der Waals surface area contributed by atoms with Crippen molar-refractivity contribution in [1.29, 1.82) is 0 Å². The number of benzene rings is 1. The minimum atomic E-state index is -1.04. The van der Waals surface area contributed by atoms with E-state index in [4.69, 9.17) is 4.74 Å². The number of nitrogens with zero attached hydrogens (tertiary/aromatic N) is 1. The molecule has 6 nitrogen and oxygen atoms in total. The normalized spacial score (nSPS) is 17.7. The van der Waals surface area contributed by atoms with Gasteiger partial charge < -0.3 is 14.8 Å². The van der Waals surface area contributed by atoms with Crippen LogP contribution in [-0.4, -0.2) is 40.7 Å². The second-order valence-electron chi connectivity index (χ2n) is 5.11. The van der Waals surface area contributed by atoms with Crippen LogP contribution in [0.1, 0.15) is 28.5 Å². The molecule has 1 unspecified atom stereocenters. The maximum Gasteiger partial charge on any atom is 0.410 e. The van der Waals surface area contributed by atoms with Crippen molar-refractivity contribution in [3.05, 3.63) is 47.7 Å². The number of amides is 1. The summed E-state index contributed by atoms with van der Waals surface area (Å²) < 4.78 is 4.83. The zero-order valence-corrected chi connectivity index (χ0v) is 12.1. The summed E-state index contributed by atoms with van der Waals surface area (Å²) in [5, 5.41) is 10.3. The summed E-state index contributed by atoms with van der Waals surface area (Å²) in [5.74, 6) is -1.04. The SMILES string of the molecule is COC(=O)N1CC=CCC1c1c(C(=O)O)[nH]c2ccccc12. The van der Waals surface area contributed by atoms with Crippen LogP contribution in [0.2, 0.25) is 0 Å². The number of aromatic amines is 1. The molecule has 0 spiro atoms. The predicted octanol–water partition coefficient (Wildman–Crippen LogP) is 2.94. The average Bonchev–Trinajstić information content (AvgIpc) is 2.93. The van der Waals surface area contributed by atoms with Crippen molar-refractivity contribution < 1.29 is 19.4 Å². The number of carbonyl (C=O) groups is 2.